The van der Waals surface area contributed by atoms with Gasteiger partial charge in [0.1, 0.15) is 0 Å². The third kappa shape index (κ3) is 3.97. The third-order valence-electron chi connectivity index (χ3n) is 2.11. The monoisotopic (exact) mass is 305 g/mol. The van der Waals surface area contributed by atoms with E-state index in [1.54, 1.807) is 13.0 Å². The number of benzene rings is 1. The second-order valence-electron chi connectivity index (χ2n) is 3.64. The zero-order valence-electron chi connectivity index (χ0n) is 9.11. The first-order valence-electron chi connectivity index (χ1n) is 4.91. The average Bonchev–Trinajstić information content (AvgIpc) is 2.19. The van der Waals surface area contributed by atoms with E-state index < -0.39 is 11.7 Å². The molecule has 0 aliphatic carbocycles. The summed E-state index contributed by atoms with van der Waals surface area (Å²) < 4.78 is 38.7. The van der Waals surface area contributed by atoms with E-state index in [0.29, 0.717) is 10.9 Å². The Bertz CT molecular complexity index is 434. The van der Waals surface area contributed by atoms with Gasteiger partial charge < -0.3 is 5.32 Å². The molecule has 1 N–H and O–H groups in total. The van der Waals surface area contributed by atoms with Crippen LogP contribution in [0.15, 0.2) is 22.7 Å². The smallest absolute Gasteiger partial charge is 0.381 e. The van der Waals surface area contributed by atoms with E-state index >= 15 is 0 Å². The van der Waals surface area contributed by atoms with Gasteiger partial charge in [0.15, 0.2) is 0 Å². The molecule has 0 bridgehead atoms. The van der Waals surface area contributed by atoms with Crippen LogP contribution in [0.4, 0.5) is 18.9 Å². The summed E-state index contributed by atoms with van der Waals surface area (Å²) in [6.45, 7) is 1.74. The summed E-state index contributed by atoms with van der Waals surface area (Å²) in [4.78, 5) is 0. The minimum Gasteiger partial charge on any atom is -0.381 e. The van der Waals surface area contributed by atoms with Crippen LogP contribution in [0, 0.1) is 12.3 Å². The van der Waals surface area contributed by atoms with Crippen LogP contribution in [0.25, 0.3) is 0 Å². The molecule has 0 spiro atoms. The lowest BCUT2D eigenvalue weighted by atomic mass is 10.1. The number of rotatable bonds is 3. The topological polar surface area (TPSA) is 12.0 Å². The van der Waals surface area contributed by atoms with Gasteiger partial charge >= 0.3 is 6.18 Å². The molecule has 1 aromatic carbocycles. The quantitative estimate of drug-likeness (QED) is 0.821. The molecular weight excluding hydrogens is 295 g/mol. The van der Waals surface area contributed by atoms with Crippen LogP contribution in [0.1, 0.15) is 18.9 Å². The SMILES string of the molecule is C#CCC(C)Nc1ccc(Br)cc1C(F)(F)F. The highest BCUT2D eigenvalue weighted by Gasteiger charge is 2.33. The first-order chi connectivity index (χ1) is 7.84. The Morgan fingerprint density at radius 2 is 2.12 bits per heavy atom. The van der Waals surface area contributed by atoms with Crippen molar-refractivity contribution in [1.82, 2.24) is 0 Å². The van der Waals surface area contributed by atoms with Crippen LogP contribution in [-0.2, 0) is 6.18 Å². The van der Waals surface area contributed by atoms with Gasteiger partial charge in [-0.2, -0.15) is 13.2 Å². The summed E-state index contributed by atoms with van der Waals surface area (Å²) >= 11 is 3.03. The lowest BCUT2D eigenvalue weighted by Crippen LogP contribution is -2.18. The Morgan fingerprint density at radius 1 is 1.47 bits per heavy atom. The van der Waals surface area contributed by atoms with Crippen molar-refractivity contribution in [1.29, 1.82) is 0 Å². The van der Waals surface area contributed by atoms with Gasteiger partial charge in [0, 0.05) is 22.6 Å². The number of hydrogen-bond acceptors (Lipinski definition) is 1. The average molecular weight is 306 g/mol. The van der Waals surface area contributed by atoms with Crippen LogP contribution in [0.5, 0.6) is 0 Å². The molecule has 1 aromatic rings. The van der Waals surface area contributed by atoms with Crippen molar-refractivity contribution >= 4 is 21.6 Å². The molecule has 5 heteroatoms. The first kappa shape index (κ1) is 13.9. The van der Waals surface area contributed by atoms with Crippen LogP contribution in [0.3, 0.4) is 0 Å². The molecule has 0 heterocycles. The zero-order valence-corrected chi connectivity index (χ0v) is 10.7. The molecule has 0 radical (unpaired) electrons. The molecule has 1 atom stereocenters. The van der Waals surface area contributed by atoms with Gasteiger partial charge in [-0.1, -0.05) is 15.9 Å². The van der Waals surface area contributed by atoms with Crippen LogP contribution >= 0.6 is 15.9 Å². The van der Waals surface area contributed by atoms with Gasteiger partial charge in [-0.25, -0.2) is 0 Å². The third-order valence-corrected chi connectivity index (χ3v) is 2.61. The Labute approximate surface area is 107 Å². The molecule has 1 rings (SSSR count). The summed E-state index contributed by atoms with van der Waals surface area (Å²) in [5.74, 6) is 2.40. The molecule has 1 unspecified atom stereocenters. The zero-order chi connectivity index (χ0) is 13.1. The normalized spacial score (nSPS) is 12.9. The largest absolute Gasteiger partial charge is 0.418 e. The highest BCUT2D eigenvalue weighted by Crippen LogP contribution is 2.36. The van der Waals surface area contributed by atoms with E-state index in [1.165, 1.54) is 6.07 Å². The van der Waals surface area contributed by atoms with E-state index in [1.807, 2.05) is 0 Å². The molecule has 1 nitrogen and oxygen atoms in total. The van der Waals surface area contributed by atoms with E-state index in [4.69, 9.17) is 6.42 Å². The molecule has 0 saturated carbocycles. The van der Waals surface area contributed by atoms with Crippen LogP contribution < -0.4 is 5.32 Å². The molecule has 0 aliphatic heterocycles. The molecule has 0 saturated heterocycles. The highest BCUT2D eigenvalue weighted by atomic mass is 79.9. The predicted molar refractivity (Wildman–Crippen MR) is 65.7 cm³/mol. The van der Waals surface area contributed by atoms with Gasteiger partial charge in [-0.3, -0.25) is 0 Å². The van der Waals surface area contributed by atoms with Crippen molar-refractivity contribution in [3.05, 3.63) is 28.2 Å². The first-order valence-corrected chi connectivity index (χ1v) is 5.70. The van der Waals surface area contributed by atoms with E-state index in [0.717, 1.165) is 6.07 Å². The summed E-state index contributed by atoms with van der Waals surface area (Å²) in [7, 11) is 0. The van der Waals surface area contributed by atoms with Crippen molar-refractivity contribution in [2.45, 2.75) is 25.6 Å². The Morgan fingerprint density at radius 3 is 2.65 bits per heavy atom. The number of alkyl halides is 3. The van der Waals surface area contributed by atoms with Crippen molar-refractivity contribution in [2.24, 2.45) is 0 Å². The fraction of sp³-hybridized carbons (Fsp3) is 0.333. The molecule has 0 fully saturated rings. The molecule has 92 valence electrons. The van der Waals surface area contributed by atoms with Crippen molar-refractivity contribution in [2.75, 3.05) is 5.32 Å². The number of anilines is 1. The second-order valence-corrected chi connectivity index (χ2v) is 4.56. The van der Waals surface area contributed by atoms with Crippen LogP contribution in [-0.4, -0.2) is 6.04 Å². The fourth-order valence-corrected chi connectivity index (χ4v) is 1.73. The maximum Gasteiger partial charge on any atom is 0.418 e. The number of nitrogens with one attached hydrogen (secondary N) is 1. The minimum absolute atomic E-state index is 0.0449. The van der Waals surface area contributed by atoms with Gasteiger partial charge in [0.05, 0.1) is 5.56 Å². The fourth-order valence-electron chi connectivity index (χ4n) is 1.37. The molecule has 17 heavy (non-hydrogen) atoms. The summed E-state index contributed by atoms with van der Waals surface area (Å²) in [6.07, 6.45) is 1.09. The van der Waals surface area contributed by atoms with Crippen molar-refractivity contribution < 1.29 is 13.2 Å². The van der Waals surface area contributed by atoms with Gasteiger partial charge in [-0.05, 0) is 25.1 Å². The standard InChI is InChI=1S/C12H11BrF3N/c1-3-4-8(2)17-11-6-5-9(13)7-10(11)12(14,15)16/h1,5-8,17H,4H2,2H3. The molecule has 0 amide bonds. The van der Waals surface area contributed by atoms with Gasteiger partial charge in [-0.15, -0.1) is 12.3 Å². The maximum absolute atomic E-state index is 12.8. The van der Waals surface area contributed by atoms with E-state index in [9.17, 15) is 13.2 Å². The van der Waals surface area contributed by atoms with Gasteiger partial charge in [0.2, 0.25) is 0 Å². The Kier molecular flexibility index (Phi) is 4.47. The lowest BCUT2D eigenvalue weighted by Gasteiger charge is -2.18. The summed E-state index contributed by atoms with van der Waals surface area (Å²) in [5.41, 5.74) is -0.654. The van der Waals surface area contributed by atoms with Crippen molar-refractivity contribution in [3.63, 3.8) is 0 Å². The summed E-state index contributed by atoms with van der Waals surface area (Å²) in [6, 6.07) is 3.78. The maximum atomic E-state index is 12.8. The second kappa shape index (κ2) is 5.46. The molecule has 0 aliphatic rings. The molecular formula is C12H11BrF3N. The van der Waals surface area contributed by atoms with Crippen LogP contribution in [0.2, 0.25) is 0 Å². The lowest BCUT2D eigenvalue weighted by molar-refractivity contribution is -0.137. The highest BCUT2D eigenvalue weighted by molar-refractivity contribution is 9.10. The number of halogens is 4. The number of hydrogen-bond donors (Lipinski definition) is 1. The minimum atomic E-state index is -4.39. The molecule has 0 aromatic heterocycles. The predicted octanol–water partition coefficient (Wildman–Crippen LogP) is 4.29. The summed E-state index contributed by atoms with van der Waals surface area (Å²) in [5, 5.41) is 2.76. The number of terminal acetylenes is 1. The van der Waals surface area contributed by atoms with Crippen molar-refractivity contribution in [3.8, 4) is 12.3 Å². The van der Waals surface area contributed by atoms with E-state index in [2.05, 4.69) is 27.2 Å². The Balaban J connectivity index is 3.04. The Hall–Kier alpha value is -1.15. The van der Waals surface area contributed by atoms with Gasteiger partial charge in [0.25, 0.3) is 0 Å². The van der Waals surface area contributed by atoms with E-state index in [-0.39, 0.29) is 11.7 Å².